The maximum Gasteiger partial charge on any atom is 0.282 e. The Morgan fingerprint density at radius 3 is 2.52 bits per heavy atom. The molecular weight excluding hydrogens is 418 g/mol. The number of anilines is 1. The fourth-order valence-electron chi connectivity index (χ4n) is 3.52. The van der Waals surface area contributed by atoms with E-state index >= 15 is 0 Å². The first-order valence-corrected chi connectivity index (χ1v) is 10.6. The summed E-state index contributed by atoms with van der Waals surface area (Å²) >= 11 is 0. The third kappa shape index (κ3) is 4.56. The molecule has 8 nitrogen and oxygen atoms in total. The summed E-state index contributed by atoms with van der Waals surface area (Å²) in [6, 6.07) is 11.6. The first-order valence-electron chi connectivity index (χ1n) is 10.6. The minimum Gasteiger partial charge on any atom is -0.496 e. The van der Waals surface area contributed by atoms with E-state index in [1.165, 1.54) is 4.68 Å². The van der Waals surface area contributed by atoms with Crippen molar-refractivity contribution in [3.8, 4) is 22.8 Å². The summed E-state index contributed by atoms with van der Waals surface area (Å²) < 4.78 is 12.0. The van der Waals surface area contributed by atoms with Crippen LogP contribution in [-0.2, 0) is 4.74 Å². The summed E-state index contributed by atoms with van der Waals surface area (Å²) in [6.45, 7) is 6.57. The van der Waals surface area contributed by atoms with Gasteiger partial charge in [0.05, 0.1) is 42.4 Å². The van der Waals surface area contributed by atoms with Gasteiger partial charge in [-0.15, -0.1) is 0 Å². The second-order valence-electron chi connectivity index (χ2n) is 8.39. The van der Waals surface area contributed by atoms with Gasteiger partial charge in [0, 0.05) is 19.0 Å². The summed E-state index contributed by atoms with van der Waals surface area (Å²) in [6.07, 6.45) is 4.91. The van der Waals surface area contributed by atoms with Crippen LogP contribution < -0.4 is 15.6 Å². The second kappa shape index (κ2) is 8.99. The van der Waals surface area contributed by atoms with E-state index < -0.39 is 0 Å². The molecule has 2 aromatic carbocycles. The van der Waals surface area contributed by atoms with Gasteiger partial charge in [-0.05, 0) is 55.7 Å². The van der Waals surface area contributed by atoms with Gasteiger partial charge in [-0.2, -0.15) is 9.78 Å². The Labute approximate surface area is 192 Å². The van der Waals surface area contributed by atoms with Crippen molar-refractivity contribution >= 4 is 16.5 Å². The lowest BCUT2D eigenvalue weighted by Gasteiger charge is -2.23. The van der Waals surface area contributed by atoms with E-state index in [9.17, 15) is 4.79 Å². The summed E-state index contributed by atoms with van der Waals surface area (Å²) in [5.74, 6) is 1.04. The van der Waals surface area contributed by atoms with Crippen LogP contribution in [0.25, 0.3) is 27.8 Å². The molecule has 0 amide bonds. The first-order chi connectivity index (χ1) is 15.8. The molecule has 0 bridgehead atoms. The van der Waals surface area contributed by atoms with E-state index in [4.69, 9.17) is 9.47 Å². The Bertz CT molecular complexity index is 1350. The Morgan fingerprint density at radius 2 is 1.82 bits per heavy atom. The first kappa shape index (κ1) is 22.4. The lowest BCUT2D eigenvalue weighted by Crippen LogP contribution is -2.32. The predicted molar refractivity (Wildman–Crippen MR) is 129 cm³/mol. The number of hydrogen-bond acceptors (Lipinski definition) is 7. The van der Waals surface area contributed by atoms with Crippen LogP contribution >= 0.6 is 0 Å². The average Bonchev–Trinajstić information content (AvgIpc) is 2.83. The summed E-state index contributed by atoms with van der Waals surface area (Å²) in [4.78, 5) is 21.7. The number of aromatic nitrogens is 4. The molecule has 0 unspecified atom stereocenters. The molecule has 0 spiro atoms. The van der Waals surface area contributed by atoms with Crippen molar-refractivity contribution in [3.05, 3.63) is 70.9 Å². The SMILES string of the molecule is COc1cccc(-c2ccc3c(=O)n(-c4ncc(NCC(C)(C)OC)cn4)ncc3c2)c1C. The van der Waals surface area contributed by atoms with Crippen LogP contribution in [0.4, 0.5) is 5.69 Å². The molecule has 0 aliphatic carbocycles. The van der Waals surface area contributed by atoms with Crippen molar-refractivity contribution in [2.45, 2.75) is 26.4 Å². The molecule has 2 heterocycles. The van der Waals surface area contributed by atoms with Crippen molar-refractivity contribution < 1.29 is 9.47 Å². The van der Waals surface area contributed by atoms with Gasteiger partial charge in [-0.3, -0.25) is 4.79 Å². The summed E-state index contributed by atoms with van der Waals surface area (Å²) in [5, 5.41) is 8.83. The molecule has 170 valence electrons. The fourth-order valence-corrected chi connectivity index (χ4v) is 3.52. The molecule has 1 N–H and O–H groups in total. The third-order valence-electron chi connectivity index (χ3n) is 5.70. The standard InChI is InChI=1S/C25H27N5O3/c1-16-20(7-6-8-22(16)32-4)17-9-10-21-18(11-17)12-29-30(23(21)31)24-26-13-19(14-27-24)28-15-25(2,3)33-5/h6-14,28H,15H2,1-5H3. The molecule has 0 atom stereocenters. The van der Waals surface area contributed by atoms with Crippen LogP contribution in [0.5, 0.6) is 5.75 Å². The molecule has 8 heteroatoms. The third-order valence-corrected chi connectivity index (χ3v) is 5.70. The number of rotatable bonds is 7. The monoisotopic (exact) mass is 445 g/mol. The van der Waals surface area contributed by atoms with Gasteiger partial charge in [0.2, 0.25) is 0 Å². The van der Waals surface area contributed by atoms with Crippen molar-refractivity contribution in [1.29, 1.82) is 0 Å². The number of ether oxygens (including phenoxy) is 2. The average molecular weight is 446 g/mol. The largest absolute Gasteiger partial charge is 0.496 e. The highest BCUT2D eigenvalue weighted by Gasteiger charge is 2.16. The maximum atomic E-state index is 13.1. The van der Waals surface area contributed by atoms with E-state index in [0.717, 1.165) is 33.5 Å². The predicted octanol–water partition coefficient (Wildman–Crippen LogP) is 4.00. The second-order valence-corrected chi connectivity index (χ2v) is 8.39. The summed E-state index contributed by atoms with van der Waals surface area (Å²) in [5.41, 5.74) is 3.21. The van der Waals surface area contributed by atoms with Crippen LogP contribution in [0.1, 0.15) is 19.4 Å². The molecule has 33 heavy (non-hydrogen) atoms. The van der Waals surface area contributed by atoms with Crippen molar-refractivity contribution in [3.63, 3.8) is 0 Å². The Hall–Kier alpha value is -3.78. The topological polar surface area (TPSA) is 91.2 Å². The van der Waals surface area contributed by atoms with Gasteiger partial charge in [-0.1, -0.05) is 18.2 Å². The van der Waals surface area contributed by atoms with E-state index in [1.807, 2.05) is 57.2 Å². The van der Waals surface area contributed by atoms with E-state index in [0.29, 0.717) is 11.9 Å². The molecule has 4 rings (SSSR count). The van der Waals surface area contributed by atoms with Gasteiger partial charge in [0.25, 0.3) is 11.5 Å². The van der Waals surface area contributed by atoms with Crippen LogP contribution in [0.2, 0.25) is 0 Å². The quantitative estimate of drug-likeness (QED) is 0.460. The highest BCUT2D eigenvalue weighted by molar-refractivity contribution is 5.87. The molecule has 0 saturated heterocycles. The molecule has 0 saturated carbocycles. The van der Waals surface area contributed by atoms with E-state index in [2.05, 4.69) is 20.4 Å². The number of nitrogens with zero attached hydrogens (tertiary/aromatic N) is 4. The molecule has 2 aromatic heterocycles. The fraction of sp³-hybridized carbons (Fsp3) is 0.280. The van der Waals surface area contributed by atoms with Crippen LogP contribution in [0, 0.1) is 6.92 Å². The number of methoxy groups -OCH3 is 2. The normalized spacial score (nSPS) is 11.5. The smallest absolute Gasteiger partial charge is 0.282 e. The van der Waals surface area contributed by atoms with Crippen molar-refractivity contribution in [1.82, 2.24) is 19.7 Å². The lowest BCUT2D eigenvalue weighted by atomic mass is 9.98. The molecule has 0 aliphatic heterocycles. The van der Waals surface area contributed by atoms with Gasteiger partial charge in [0.15, 0.2) is 0 Å². The van der Waals surface area contributed by atoms with Crippen LogP contribution in [-0.4, -0.2) is 46.1 Å². The van der Waals surface area contributed by atoms with Crippen LogP contribution in [0.15, 0.2) is 59.8 Å². The summed E-state index contributed by atoms with van der Waals surface area (Å²) in [7, 11) is 3.32. The number of fused-ring (bicyclic) bond motifs is 1. The van der Waals surface area contributed by atoms with Crippen molar-refractivity contribution in [2.75, 3.05) is 26.1 Å². The zero-order valence-electron chi connectivity index (χ0n) is 19.4. The zero-order valence-corrected chi connectivity index (χ0v) is 19.4. The molecule has 0 aliphatic rings. The number of hydrogen-bond donors (Lipinski definition) is 1. The lowest BCUT2D eigenvalue weighted by molar-refractivity contribution is 0.0344. The molecule has 0 radical (unpaired) electrons. The van der Waals surface area contributed by atoms with Gasteiger partial charge < -0.3 is 14.8 Å². The number of nitrogens with one attached hydrogen (secondary N) is 1. The molecular formula is C25H27N5O3. The van der Waals surface area contributed by atoms with Gasteiger partial charge in [-0.25, -0.2) is 9.97 Å². The molecule has 0 fully saturated rings. The van der Waals surface area contributed by atoms with E-state index in [-0.39, 0.29) is 17.1 Å². The van der Waals surface area contributed by atoms with Gasteiger partial charge >= 0.3 is 0 Å². The van der Waals surface area contributed by atoms with Crippen molar-refractivity contribution in [2.24, 2.45) is 0 Å². The highest BCUT2D eigenvalue weighted by Crippen LogP contribution is 2.31. The highest BCUT2D eigenvalue weighted by atomic mass is 16.5. The Morgan fingerprint density at radius 1 is 1.06 bits per heavy atom. The zero-order chi connectivity index (χ0) is 23.6. The Kier molecular flexibility index (Phi) is 6.11. The van der Waals surface area contributed by atoms with Gasteiger partial charge in [0.1, 0.15) is 5.75 Å². The number of benzene rings is 2. The minimum absolute atomic E-state index is 0.214. The minimum atomic E-state index is -0.322. The van der Waals surface area contributed by atoms with Crippen LogP contribution in [0.3, 0.4) is 0 Å². The maximum absolute atomic E-state index is 13.1. The Balaban J connectivity index is 1.64. The van der Waals surface area contributed by atoms with E-state index in [1.54, 1.807) is 32.8 Å². The molecule has 4 aromatic rings.